The first kappa shape index (κ1) is 9.35. The normalized spacial score (nSPS) is 8.20. The molecule has 1 aromatic rings. The molecule has 0 saturated heterocycles. The van der Waals surface area contributed by atoms with Gasteiger partial charge in [0.1, 0.15) is 6.33 Å². The van der Waals surface area contributed by atoms with Crippen molar-refractivity contribution >= 4 is 25.0 Å². The van der Waals surface area contributed by atoms with Crippen LogP contribution in [0.25, 0.3) is 0 Å². The van der Waals surface area contributed by atoms with Crippen LogP contribution in [0.5, 0.6) is 0 Å². The largest absolute Gasteiger partial charge is 0.491 e. The van der Waals surface area contributed by atoms with Gasteiger partial charge in [-0.2, -0.15) is 0 Å². The Morgan fingerprint density at radius 1 is 1.20 bits per heavy atom. The summed E-state index contributed by atoms with van der Waals surface area (Å²) in [4.78, 5) is 7.15. The van der Waals surface area contributed by atoms with Gasteiger partial charge < -0.3 is 10.0 Å². The lowest BCUT2D eigenvalue weighted by molar-refractivity contribution is 0.425. The van der Waals surface area contributed by atoms with Crippen LogP contribution >= 0.6 is 12.4 Å². The van der Waals surface area contributed by atoms with Crippen molar-refractivity contribution in [2.24, 2.45) is 0 Å². The highest BCUT2D eigenvalue weighted by Gasteiger charge is 2.09. The van der Waals surface area contributed by atoms with Gasteiger partial charge in [-0.05, 0) is 0 Å². The minimum atomic E-state index is -1.47. The average Bonchev–Trinajstić information content (AvgIpc) is 1.90. The number of halogens is 1. The molecule has 0 aliphatic carbocycles. The van der Waals surface area contributed by atoms with Crippen LogP contribution in [0.3, 0.4) is 0 Å². The van der Waals surface area contributed by atoms with E-state index < -0.39 is 7.12 Å². The molecule has 0 saturated carbocycles. The summed E-state index contributed by atoms with van der Waals surface area (Å²) >= 11 is 0. The third kappa shape index (κ3) is 2.30. The van der Waals surface area contributed by atoms with Gasteiger partial charge in [0.2, 0.25) is 0 Å². The van der Waals surface area contributed by atoms with Crippen molar-refractivity contribution < 1.29 is 10.0 Å². The molecule has 4 nitrogen and oxygen atoms in total. The van der Waals surface area contributed by atoms with E-state index in [1.807, 2.05) is 0 Å². The zero-order valence-corrected chi connectivity index (χ0v) is 5.82. The Hall–Kier alpha value is -0.645. The predicted molar refractivity (Wildman–Crippen MR) is 39.1 cm³/mol. The topological polar surface area (TPSA) is 66.2 Å². The zero-order chi connectivity index (χ0) is 6.69. The molecular formula is C4H6BClN2O2. The van der Waals surface area contributed by atoms with E-state index in [9.17, 15) is 0 Å². The fourth-order valence-electron chi connectivity index (χ4n) is 0.444. The van der Waals surface area contributed by atoms with E-state index in [0.29, 0.717) is 5.46 Å². The Balaban J connectivity index is 0.000000810. The molecule has 2 N–H and O–H groups in total. The summed E-state index contributed by atoms with van der Waals surface area (Å²) in [6.07, 6.45) is 4.02. The lowest BCUT2D eigenvalue weighted by atomic mass is 9.83. The smallest absolute Gasteiger partial charge is 0.423 e. The van der Waals surface area contributed by atoms with Gasteiger partial charge in [0.05, 0.1) is 0 Å². The van der Waals surface area contributed by atoms with E-state index in [-0.39, 0.29) is 12.4 Å². The molecule has 1 heterocycles. The van der Waals surface area contributed by atoms with Crippen LogP contribution in [0.2, 0.25) is 0 Å². The zero-order valence-electron chi connectivity index (χ0n) is 5.01. The van der Waals surface area contributed by atoms with Crippen LogP contribution in [-0.4, -0.2) is 27.1 Å². The van der Waals surface area contributed by atoms with Gasteiger partial charge >= 0.3 is 7.12 Å². The van der Waals surface area contributed by atoms with E-state index in [2.05, 4.69) is 9.97 Å². The van der Waals surface area contributed by atoms with Crippen LogP contribution in [-0.2, 0) is 0 Å². The molecule has 0 radical (unpaired) electrons. The fourth-order valence-corrected chi connectivity index (χ4v) is 0.444. The highest BCUT2D eigenvalue weighted by molar-refractivity contribution is 6.58. The highest BCUT2D eigenvalue weighted by atomic mass is 35.5. The molecule has 0 fully saturated rings. The molecule has 0 atom stereocenters. The molecule has 0 spiro atoms. The molecule has 0 aliphatic rings. The molecule has 0 aromatic carbocycles. The van der Waals surface area contributed by atoms with Gasteiger partial charge in [0.15, 0.2) is 0 Å². The summed E-state index contributed by atoms with van der Waals surface area (Å²) in [6, 6.07) is 0. The maximum atomic E-state index is 8.50. The predicted octanol–water partition coefficient (Wildman–Crippen LogP) is -1.42. The number of hydrogen-bond donors (Lipinski definition) is 2. The number of aromatic nitrogens is 2. The van der Waals surface area contributed by atoms with Gasteiger partial charge in [-0.1, -0.05) is 0 Å². The number of rotatable bonds is 1. The monoisotopic (exact) mass is 160 g/mol. The van der Waals surface area contributed by atoms with E-state index in [0.717, 1.165) is 0 Å². The molecule has 0 amide bonds. The van der Waals surface area contributed by atoms with Crippen LogP contribution in [0.4, 0.5) is 0 Å². The Morgan fingerprint density at radius 2 is 1.70 bits per heavy atom. The summed E-state index contributed by atoms with van der Waals surface area (Å²) in [6.45, 7) is 0. The third-order valence-corrected chi connectivity index (χ3v) is 0.879. The second-order valence-corrected chi connectivity index (χ2v) is 1.55. The summed E-state index contributed by atoms with van der Waals surface area (Å²) < 4.78 is 0. The van der Waals surface area contributed by atoms with Crippen LogP contribution in [0.15, 0.2) is 18.7 Å². The third-order valence-electron chi connectivity index (χ3n) is 0.879. The first-order chi connectivity index (χ1) is 4.30. The summed E-state index contributed by atoms with van der Waals surface area (Å²) in [5.41, 5.74) is 0.303. The Kier molecular flexibility index (Phi) is 3.94. The minimum Gasteiger partial charge on any atom is -0.423 e. The molecule has 0 unspecified atom stereocenters. The van der Waals surface area contributed by atoms with Crippen molar-refractivity contribution in [1.29, 1.82) is 0 Å². The molecule has 0 bridgehead atoms. The summed E-state index contributed by atoms with van der Waals surface area (Å²) in [5, 5.41) is 17.0. The first-order valence-corrected chi connectivity index (χ1v) is 2.42. The molecular weight excluding hydrogens is 154 g/mol. The number of hydrogen-bond acceptors (Lipinski definition) is 4. The second-order valence-electron chi connectivity index (χ2n) is 1.55. The van der Waals surface area contributed by atoms with Crippen LogP contribution < -0.4 is 5.46 Å². The molecule has 54 valence electrons. The lowest BCUT2D eigenvalue weighted by Gasteiger charge is -1.92. The standard InChI is InChI=1S/C4H5BN2O2.ClH/c8-5(9)4-1-6-3-7-2-4;/h1-3,8-9H;1H. The van der Waals surface area contributed by atoms with E-state index in [1.54, 1.807) is 0 Å². The second kappa shape index (κ2) is 4.22. The average molecular weight is 160 g/mol. The summed E-state index contributed by atoms with van der Waals surface area (Å²) in [7, 11) is -1.47. The molecule has 6 heteroatoms. The molecule has 1 aromatic heterocycles. The lowest BCUT2D eigenvalue weighted by Crippen LogP contribution is -2.30. The molecule has 1 rings (SSSR count). The van der Waals surface area contributed by atoms with E-state index >= 15 is 0 Å². The molecule has 0 aliphatic heterocycles. The van der Waals surface area contributed by atoms with Gasteiger partial charge in [-0.3, -0.25) is 0 Å². The van der Waals surface area contributed by atoms with Crippen molar-refractivity contribution in [3.8, 4) is 0 Å². The maximum absolute atomic E-state index is 8.50. The fraction of sp³-hybridized carbons (Fsp3) is 0. The van der Waals surface area contributed by atoms with Crippen molar-refractivity contribution in [1.82, 2.24) is 9.97 Å². The Labute approximate surface area is 64.5 Å². The van der Waals surface area contributed by atoms with Gasteiger partial charge in [-0.25, -0.2) is 9.97 Å². The quantitative estimate of drug-likeness (QED) is 0.495. The summed E-state index contributed by atoms with van der Waals surface area (Å²) in [5.74, 6) is 0. The van der Waals surface area contributed by atoms with Crippen molar-refractivity contribution in [2.75, 3.05) is 0 Å². The van der Waals surface area contributed by atoms with Crippen molar-refractivity contribution in [3.63, 3.8) is 0 Å². The highest BCUT2D eigenvalue weighted by Crippen LogP contribution is 1.72. The van der Waals surface area contributed by atoms with Crippen molar-refractivity contribution in [2.45, 2.75) is 0 Å². The van der Waals surface area contributed by atoms with E-state index in [4.69, 9.17) is 10.0 Å². The van der Waals surface area contributed by atoms with Crippen LogP contribution in [0.1, 0.15) is 0 Å². The van der Waals surface area contributed by atoms with Crippen LogP contribution in [0, 0.1) is 0 Å². The van der Waals surface area contributed by atoms with Gasteiger partial charge in [0.25, 0.3) is 0 Å². The van der Waals surface area contributed by atoms with E-state index in [1.165, 1.54) is 18.7 Å². The van der Waals surface area contributed by atoms with Crippen molar-refractivity contribution in [3.05, 3.63) is 18.7 Å². The SMILES string of the molecule is Cl.OB(O)c1cncnc1. The Morgan fingerprint density at radius 3 is 2.00 bits per heavy atom. The maximum Gasteiger partial charge on any atom is 0.491 e. The van der Waals surface area contributed by atoms with Gasteiger partial charge in [0, 0.05) is 17.9 Å². The first-order valence-electron chi connectivity index (χ1n) is 2.42. The molecule has 10 heavy (non-hydrogen) atoms. The number of nitrogens with zero attached hydrogens (tertiary/aromatic N) is 2. The Bertz CT molecular complexity index is 184. The minimum absolute atomic E-state index is 0. The van der Waals surface area contributed by atoms with Gasteiger partial charge in [-0.15, -0.1) is 12.4 Å².